The molecule has 5 heteroatoms. The molecule has 142 valence electrons. The smallest absolute Gasteiger partial charge is 0.274 e. The van der Waals surface area contributed by atoms with E-state index in [4.69, 9.17) is 0 Å². The van der Waals surface area contributed by atoms with E-state index >= 15 is 0 Å². The summed E-state index contributed by atoms with van der Waals surface area (Å²) in [6.45, 7) is 4.13. The third-order valence-corrected chi connectivity index (χ3v) is 5.14. The van der Waals surface area contributed by atoms with Crippen molar-refractivity contribution >= 4 is 17.5 Å². The highest BCUT2D eigenvalue weighted by Crippen LogP contribution is 2.23. The first kappa shape index (κ1) is 19.1. The number of aromatic nitrogens is 1. The number of carbonyl (C=O) groups excluding carboxylic acids is 2. The molecule has 1 aliphatic rings. The second-order valence-electron chi connectivity index (χ2n) is 6.98. The predicted octanol–water partition coefficient (Wildman–Crippen LogP) is 4.13. The third kappa shape index (κ3) is 4.54. The summed E-state index contributed by atoms with van der Waals surface area (Å²) in [6, 6.07) is 11.3. The second kappa shape index (κ2) is 8.80. The Bertz CT molecular complexity index is 804. The average Bonchev–Trinajstić information content (AvgIpc) is 3.21. The number of benzene rings is 1. The maximum Gasteiger partial charge on any atom is 0.274 e. The minimum absolute atomic E-state index is 0.209. The summed E-state index contributed by atoms with van der Waals surface area (Å²) in [5.41, 5.74) is 3.59. The minimum atomic E-state index is -0.291. The van der Waals surface area contributed by atoms with E-state index in [0.29, 0.717) is 0 Å². The van der Waals surface area contributed by atoms with Crippen LogP contribution in [0.25, 0.3) is 0 Å². The summed E-state index contributed by atoms with van der Waals surface area (Å²) < 4.78 is 0. The predicted molar refractivity (Wildman–Crippen MR) is 107 cm³/mol. The number of aryl methyl sites for hydroxylation is 2. The van der Waals surface area contributed by atoms with Crippen molar-refractivity contribution in [2.24, 2.45) is 0 Å². The Labute approximate surface area is 160 Å². The molecule has 5 nitrogen and oxygen atoms in total. The Balaban J connectivity index is 1.77. The molecule has 1 saturated carbocycles. The first-order valence-electron chi connectivity index (χ1n) is 9.82. The van der Waals surface area contributed by atoms with Gasteiger partial charge in [0.25, 0.3) is 11.8 Å². The van der Waals surface area contributed by atoms with Crippen LogP contribution in [0.1, 0.15) is 71.6 Å². The van der Waals surface area contributed by atoms with Crippen LogP contribution < -0.4 is 10.6 Å². The quantitative estimate of drug-likeness (QED) is 0.808. The normalized spacial score (nSPS) is 14.1. The van der Waals surface area contributed by atoms with Crippen LogP contribution in [0.4, 0.5) is 5.69 Å². The molecule has 1 aliphatic carbocycles. The van der Waals surface area contributed by atoms with E-state index in [1.165, 1.54) is 0 Å². The Morgan fingerprint density at radius 3 is 2.07 bits per heavy atom. The first-order valence-corrected chi connectivity index (χ1v) is 9.82. The Kier molecular flexibility index (Phi) is 6.22. The van der Waals surface area contributed by atoms with Gasteiger partial charge in [-0.3, -0.25) is 9.59 Å². The maximum atomic E-state index is 12.8. The maximum absolute atomic E-state index is 12.8. The van der Waals surface area contributed by atoms with E-state index in [1.807, 2.05) is 18.2 Å². The van der Waals surface area contributed by atoms with Crippen molar-refractivity contribution < 1.29 is 9.59 Å². The van der Waals surface area contributed by atoms with E-state index < -0.39 is 0 Å². The van der Waals surface area contributed by atoms with Gasteiger partial charge < -0.3 is 10.6 Å². The van der Waals surface area contributed by atoms with E-state index in [9.17, 15) is 9.59 Å². The van der Waals surface area contributed by atoms with Gasteiger partial charge in [-0.25, -0.2) is 4.98 Å². The lowest BCUT2D eigenvalue weighted by Gasteiger charge is -2.15. The molecule has 27 heavy (non-hydrogen) atoms. The van der Waals surface area contributed by atoms with Gasteiger partial charge >= 0.3 is 0 Å². The number of nitrogens with zero attached hydrogens (tertiary/aromatic N) is 1. The van der Waals surface area contributed by atoms with Crippen molar-refractivity contribution in [3.8, 4) is 0 Å². The highest BCUT2D eigenvalue weighted by Gasteiger charge is 2.20. The zero-order chi connectivity index (χ0) is 19.2. The van der Waals surface area contributed by atoms with Gasteiger partial charge in [-0.2, -0.15) is 0 Å². The van der Waals surface area contributed by atoms with Crippen LogP contribution in [-0.2, 0) is 12.8 Å². The van der Waals surface area contributed by atoms with Gasteiger partial charge in [0.15, 0.2) is 0 Å². The summed E-state index contributed by atoms with van der Waals surface area (Å²) in [5.74, 6) is -0.499. The van der Waals surface area contributed by atoms with Crippen LogP contribution in [-0.4, -0.2) is 22.8 Å². The number of para-hydroxylation sites is 1. The molecule has 1 heterocycles. The molecule has 0 bridgehead atoms. The summed E-state index contributed by atoms with van der Waals surface area (Å²) in [5, 5.41) is 6.02. The van der Waals surface area contributed by atoms with Crippen LogP contribution in [0.2, 0.25) is 0 Å². The van der Waals surface area contributed by atoms with E-state index in [0.717, 1.165) is 55.3 Å². The molecule has 0 spiro atoms. The molecule has 0 saturated heterocycles. The fourth-order valence-electron chi connectivity index (χ4n) is 3.60. The minimum Gasteiger partial charge on any atom is -0.348 e. The molecule has 2 amide bonds. The van der Waals surface area contributed by atoms with Crippen LogP contribution >= 0.6 is 0 Å². The number of nitrogens with one attached hydrogen (secondary N) is 2. The van der Waals surface area contributed by atoms with Crippen LogP contribution in [0.5, 0.6) is 0 Å². The first-order chi connectivity index (χ1) is 13.1. The van der Waals surface area contributed by atoms with Crippen LogP contribution in [0.3, 0.4) is 0 Å². The van der Waals surface area contributed by atoms with Crippen molar-refractivity contribution in [2.45, 2.75) is 58.4 Å². The molecule has 1 fully saturated rings. The van der Waals surface area contributed by atoms with Crippen molar-refractivity contribution in [3.63, 3.8) is 0 Å². The van der Waals surface area contributed by atoms with Gasteiger partial charge in [-0.1, -0.05) is 51.0 Å². The lowest BCUT2D eigenvalue weighted by molar-refractivity contribution is 0.0932. The average molecular weight is 365 g/mol. The lowest BCUT2D eigenvalue weighted by atomic mass is 10.0. The van der Waals surface area contributed by atoms with Gasteiger partial charge in [0.2, 0.25) is 0 Å². The van der Waals surface area contributed by atoms with Gasteiger partial charge in [0.05, 0.1) is 0 Å². The Morgan fingerprint density at radius 1 is 0.926 bits per heavy atom. The third-order valence-electron chi connectivity index (χ3n) is 5.14. The largest absolute Gasteiger partial charge is 0.348 e. The molecule has 0 aliphatic heterocycles. The molecule has 3 rings (SSSR count). The van der Waals surface area contributed by atoms with E-state index in [2.05, 4.69) is 29.5 Å². The fourth-order valence-corrected chi connectivity index (χ4v) is 3.60. The number of anilines is 1. The summed E-state index contributed by atoms with van der Waals surface area (Å²) in [4.78, 5) is 29.5. The SMILES string of the molecule is CCc1cccc(CC)c1NC(=O)c1cccc(C(=O)NC2CCCC2)n1. The standard InChI is InChI=1S/C22H27N3O2/c1-3-15-9-7-10-16(4-2)20(15)25-22(27)19-14-8-13-18(24-19)21(26)23-17-11-5-6-12-17/h7-10,13-14,17H,3-6,11-12H2,1-2H3,(H,23,26)(H,25,27). The topological polar surface area (TPSA) is 71.1 Å². The Hall–Kier alpha value is -2.69. The van der Waals surface area contributed by atoms with Crippen molar-refractivity contribution in [1.82, 2.24) is 10.3 Å². The van der Waals surface area contributed by atoms with E-state index in [1.54, 1.807) is 18.2 Å². The number of amides is 2. The molecule has 0 atom stereocenters. The molecule has 0 unspecified atom stereocenters. The van der Waals surface area contributed by atoms with Crippen molar-refractivity contribution in [1.29, 1.82) is 0 Å². The molecule has 0 radical (unpaired) electrons. The fraction of sp³-hybridized carbons (Fsp3) is 0.409. The van der Waals surface area contributed by atoms with Gasteiger partial charge in [-0.05, 0) is 48.9 Å². The van der Waals surface area contributed by atoms with Crippen LogP contribution in [0, 0.1) is 0 Å². The van der Waals surface area contributed by atoms with Gasteiger partial charge in [0, 0.05) is 11.7 Å². The van der Waals surface area contributed by atoms with Gasteiger partial charge in [0.1, 0.15) is 11.4 Å². The monoisotopic (exact) mass is 365 g/mol. The molecular weight excluding hydrogens is 338 g/mol. The highest BCUT2D eigenvalue weighted by atomic mass is 16.2. The summed E-state index contributed by atoms with van der Waals surface area (Å²) >= 11 is 0. The van der Waals surface area contributed by atoms with Crippen LogP contribution in [0.15, 0.2) is 36.4 Å². The lowest BCUT2D eigenvalue weighted by Crippen LogP contribution is -2.33. The summed E-state index contributed by atoms with van der Waals surface area (Å²) in [6.07, 6.45) is 6.00. The molecule has 1 aromatic heterocycles. The molecular formula is C22H27N3O2. The number of pyridine rings is 1. The molecule has 2 N–H and O–H groups in total. The number of carbonyl (C=O) groups is 2. The summed E-state index contributed by atoms with van der Waals surface area (Å²) in [7, 11) is 0. The zero-order valence-electron chi connectivity index (χ0n) is 16.0. The molecule has 2 aromatic rings. The van der Waals surface area contributed by atoms with Gasteiger partial charge in [-0.15, -0.1) is 0 Å². The number of hydrogen-bond acceptors (Lipinski definition) is 3. The van der Waals surface area contributed by atoms with Crippen molar-refractivity contribution in [3.05, 3.63) is 58.9 Å². The number of rotatable bonds is 6. The van der Waals surface area contributed by atoms with E-state index in [-0.39, 0.29) is 29.2 Å². The number of hydrogen-bond donors (Lipinski definition) is 2. The Morgan fingerprint density at radius 2 is 1.48 bits per heavy atom. The zero-order valence-corrected chi connectivity index (χ0v) is 16.0. The van der Waals surface area contributed by atoms with Crippen molar-refractivity contribution in [2.75, 3.05) is 5.32 Å². The second-order valence-corrected chi connectivity index (χ2v) is 6.98. The molecule has 1 aromatic carbocycles. The highest BCUT2D eigenvalue weighted by molar-refractivity contribution is 6.04.